The molecule has 1 fully saturated rings. The number of nitrogens with one attached hydrogen (secondary N) is 1. The van der Waals surface area contributed by atoms with E-state index in [1.165, 1.54) is 109 Å². The smallest absolute Gasteiger partial charge is 0.234 e. The zero-order chi connectivity index (χ0) is 17.6. The maximum atomic E-state index is 9.87. The van der Waals surface area contributed by atoms with Crippen molar-refractivity contribution in [3.8, 4) is 0 Å². The van der Waals surface area contributed by atoms with Crippen LogP contribution in [-0.4, -0.2) is 25.7 Å². The highest BCUT2D eigenvalue weighted by Gasteiger charge is 1.94. The fraction of sp³-hybridized carbons (Fsp3) is 0.952. The quantitative estimate of drug-likeness (QED) is 0.149. The number of hydrogen-bond acceptors (Lipinski definition) is 3. The number of isocyanates is 1. The molecule has 142 valence electrons. The van der Waals surface area contributed by atoms with Gasteiger partial charge in [-0.25, -0.2) is 9.79 Å². The SMILES string of the molecule is C1CN1.CCCCCCCCCCCCCCCCCCN=C=O. The normalized spacial score (nSPS) is 12.2. The summed E-state index contributed by atoms with van der Waals surface area (Å²) in [6, 6.07) is 0. The number of unbranched alkanes of at least 4 members (excludes halogenated alkanes) is 15. The van der Waals surface area contributed by atoms with Gasteiger partial charge in [-0.15, -0.1) is 0 Å². The van der Waals surface area contributed by atoms with Crippen molar-refractivity contribution in [1.82, 2.24) is 5.32 Å². The number of rotatable bonds is 17. The van der Waals surface area contributed by atoms with Gasteiger partial charge in [0.25, 0.3) is 0 Å². The molecular formula is C21H42N2O. The molecule has 1 aliphatic rings. The van der Waals surface area contributed by atoms with E-state index >= 15 is 0 Å². The van der Waals surface area contributed by atoms with Gasteiger partial charge in [-0.2, -0.15) is 0 Å². The lowest BCUT2D eigenvalue weighted by Gasteiger charge is -2.03. The molecule has 1 heterocycles. The average Bonchev–Trinajstić information content (AvgIpc) is 3.47. The van der Waals surface area contributed by atoms with Gasteiger partial charge >= 0.3 is 0 Å². The Morgan fingerprint density at radius 2 is 1.00 bits per heavy atom. The Hall–Kier alpha value is -0.660. The van der Waals surface area contributed by atoms with Crippen molar-refractivity contribution in [3.05, 3.63) is 0 Å². The first kappa shape index (κ1) is 23.3. The molecule has 0 radical (unpaired) electrons. The number of nitrogens with zero attached hydrogens (tertiary/aromatic N) is 1. The molecule has 1 rings (SSSR count). The lowest BCUT2D eigenvalue weighted by atomic mass is 10.0. The monoisotopic (exact) mass is 338 g/mol. The second kappa shape index (κ2) is 22.3. The summed E-state index contributed by atoms with van der Waals surface area (Å²) in [6.45, 7) is 5.45. The first-order chi connectivity index (χ1) is 11.9. The van der Waals surface area contributed by atoms with Crippen LogP contribution in [-0.2, 0) is 4.79 Å². The van der Waals surface area contributed by atoms with Gasteiger partial charge < -0.3 is 5.32 Å². The van der Waals surface area contributed by atoms with E-state index < -0.39 is 0 Å². The van der Waals surface area contributed by atoms with Crippen molar-refractivity contribution < 1.29 is 4.79 Å². The predicted molar refractivity (Wildman–Crippen MR) is 105 cm³/mol. The van der Waals surface area contributed by atoms with Crippen molar-refractivity contribution in [2.24, 2.45) is 4.99 Å². The van der Waals surface area contributed by atoms with Crippen LogP contribution >= 0.6 is 0 Å². The summed E-state index contributed by atoms with van der Waals surface area (Å²) in [6.07, 6.45) is 23.6. The molecule has 0 aliphatic carbocycles. The van der Waals surface area contributed by atoms with Crippen molar-refractivity contribution in [3.63, 3.8) is 0 Å². The van der Waals surface area contributed by atoms with Crippen LogP contribution in [0.1, 0.15) is 110 Å². The van der Waals surface area contributed by atoms with Crippen molar-refractivity contribution in [1.29, 1.82) is 0 Å². The summed E-state index contributed by atoms with van der Waals surface area (Å²) >= 11 is 0. The van der Waals surface area contributed by atoms with Gasteiger partial charge in [0.15, 0.2) is 0 Å². The van der Waals surface area contributed by atoms with E-state index in [0.29, 0.717) is 6.54 Å². The Bertz CT molecular complexity index is 270. The Balaban J connectivity index is 0.00000157. The highest BCUT2D eigenvalue weighted by Crippen LogP contribution is 2.13. The molecule has 3 nitrogen and oxygen atoms in total. The Labute approximate surface area is 151 Å². The van der Waals surface area contributed by atoms with Gasteiger partial charge in [0.2, 0.25) is 6.08 Å². The van der Waals surface area contributed by atoms with Gasteiger partial charge in [0.1, 0.15) is 0 Å². The third kappa shape index (κ3) is 26.2. The molecule has 0 unspecified atom stereocenters. The van der Waals surface area contributed by atoms with Crippen molar-refractivity contribution >= 4 is 6.08 Å². The standard InChI is InChI=1S/C19H37NO.C2H5N/c1-2-3-4-5-6-7-8-9-10-11-12-13-14-15-16-17-18-20-19-21;1-2-3-1/h2-18H2,1H3;3H,1-2H2. The lowest BCUT2D eigenvalue weighted by Crippen LogP contribution is -1.84. The first-order valence-corrected chi connectivity index (χ1v) is 10.7. The fourth-order valence-electron chi connectivity index (χ4n) is 2.78. The minimum atomic E-state index is 0.669. The molecule has 1 N–H and O–H groups in total. The summed E-state index contributed by atoms with van der Waals surface area (Å²) < 4.78 is 0. The highest BCUT2D eigenvalue weighted by molar-refractivity contribution is 5.32. The van der Waals surface area contributed by atoms with Crippen LogP contribution in [0.2, 0.25) is 0 Å². The average molecular weight is 339 g/mol. The fourth-order valence-corrected chi connectivity index (χ4v) is 2.78. The summed E-state index contributed by atoms with van der Waals surface area (Å²) in [4.78, 5) is 13.4. The molecule has 0 atom stereocenters. The minimum Gasteiger partial charge on any atom is -0.314 e. The van der Waals surface area contributed by atoms with Crippen LogP contribution in [0.5, 0.6) is 0 Å². The molecule has 0 aromatic rings. The predicted octanol–water partition coefficient (Wildman–Crippen LogP) is 6.17. The molecule has 0 bridgehead atoms. The number of carbonyl (C=O) groups excluding carboxylic acids is 1. The van der Waals surface area contributed by atoms with Crippen LogP contribution in [0.4, 0.5) is 0 Å². The summed E-state index contributed by atoms with van der Waals surface area (Å²) in [5, 5.41) is 3.00. The van der Waals surface area contributed by atoms with E-state index in [4.69, 9.17) is 0 Å². The maximum Gasteiger partial charge on any atom is 0.234 e. The van der Waals surface area contributed by atoms with E-state index in [-0.39, 0.29) is 0 Å². The Kier molecular flexibility index (Phi) is 21.7. The molecule has 0 aromatic carbocycles. The molecular weight excluding hydrogens is 296 g/mol. The third-order valence-corrected chi connectivity index (χ3v) is 4.44. The molecule has 3 heteroatoms. The summed E-state index contributed by atoms with van der Waals surface area (Å²) in [5.74, 6) is 0. The molecule has 24 heavy (non-hydrogen) atoms. The van der Waals surface area contributed by atoms with Crippen LogP contribution in [0, 0.1) is 0 Å². The zero-order valence-corrected chi connectivity index (χ0v) is 16.3. The minimum absolute atomic E-state index is 0.669. The van der Waals surface area contributed by atoms with Crippen LogP contribution in [0.15, 0.2) is 4.99 Å². The largest absolute Gasteiger partial charge is 0.314 e. The van der Waals surface area contributed by atoms with Crippen molar-refractivity contribution in [2.45, 2.75) is 110 Å². The van der Waals surface area contributed by atoms with E-state index in [9.17, 15) is 4.79 Å². The van der Waals surface area contributed by atoms with E-state index in [0.717, 1.165) is 6.42 Å². The maximum absolute atomic E-state index is 9.87. The summed E-state index contributed by atoms with van der Waals surface area (Å²) in [7, 11) is 0. The molecule has 1 saturated heterocycles. The topological polar surface area (TPSA) is 51.4 Å². The molecule has 1 aliphatic heterocycles. The second-order valence-electron chi connectivity index (χ2n) is 7.03. The van der Waals surface area contributed by atoms with Crippen LogP contribution in [0.25, 0.3) is 0 Å². The van der Waals surface area contributed by atoms with Crippen molar-refractivity contribution in [2.75, 3.05) is 19.6 Å². The zero-order valence-electron chi connectivity index (χ0n) is 16.3. The van der Waals surface area contributed by atoms with Gasteiger partial charge in [-0.1, -0.05) is 103 Å². The lowest BCUT2D eigenvalue weighted by molar-refractivity contribution is 0.529. The molecule has 0 aromatic heterocycles. The van der Waals surface area contributed by atoms with Gasteiger partial charge in [0, 0.05) is 13.1 Å². The molecule has 0 amide bonds. The number of aliphatic imine (C=N–C) groups is 1. The number of hydrogen-bond donors (Lipinski definition) is 1. The Morgan fingerprint density at radius 1 is 0.667 bits per heavy atom. The summed E-state index contributed by atoms with van der Waals surface area (Å²) in [5.41, 5.74) is 0. The second-order valence-corrected chi connectivity index (χ2v) is 7.03. The van der Waals surface area contributed by atoms with E-state index in [1.807, 2.05) is 0 Å². The Morgan fingerprint density at radius 3 is 1.29 bits per heavy atom. The first-order valence-electron chi connectivity index (χ1n) is 10.7. The van der Waals surface area contributed by atoms with Gasteiger partial charge in [-0.3, -0.25) is 0 Å². The van der Waals surface area contributed by atoms with Crippen LogP contribution in [0.3, 0.4) is 0 Å². The van der Waals surface area contributed by atoms with E-state index in [1.54, 1.807) is 6.08 Å². The molecule has 0 saturated carbocycles. The van der Waals surface area contributed by atoms with E-state index in [2.05, 4.69) is 17.2 Å². The third-order valence-electron chi connectivity index (χ3n) is 4.44. The molecule has 0 spiro atoms. The highest BCUT2D eigenvalue weighted by atomic mass is 16.1. The van der Waals surface area contributed by atoms with Crippen LogP contribution < -0.4 is 5.32 Å². The van der Waals surface area contributed by atoms with Gasteiger partial charge in [-0.05, 0) is 6.42 Å². The van der Waals surface area contributed by atoms with Gasteiger partial charge in [0.05, 0.1) is 6.54 Å².